The lowest BCUT2D eigenvalue weighted by atomic mass is 9.96. The summed E-state index contributed by atoms with van der Waals surface area (Å²) in [5, 5.41) is 6.42. The van der Waals surface area contributed by atoms with Gasteiger partial charge in [-0.25, -0.2) is 0 Å². The molecule has 21 heavy (non-hydrogen) atoms. The molecule has 0 atom stereocenters. The fourth-order valence-corrected chi connectivity index (χ4v) is 2.81. The van der Waals surface area contributed by atoms with Crippen molar-refractivity contribution in [3.05, 3.63) is 24.3 Å². The fraction of sp³-hybridized carbons (Fsp3) is 0.588. The zero-order valence-corrected chi connectivity index (χ0v) is 12.9. The minimum Gasteiger partial charge on any atom is -0.382 e. The molecule has 2 N–H and O–H groups in total. The summed E-state index contributed by atoms with van der Waals surface area (Å²) in [5.41, 5.74) is 1.94. The number of ether oxygens (including phenoxy) is 1. The second kappa shape index (κ2) is 8.67. The van der Waals surface area contributed by atoms with Crippen molar-refractivity contribution < 1.29 is 9.53 Å². The number of anilines is 2. The van der Waals surface area contributed by atoms with E-state index in [4.69, 9.17) is 4.74 Å². The van der Waals surface area contributed by atoms with Crippen LogP contribution in [0.5, 0.6) is 0 Å². The summed E-state index contributed by atoms with van der Waals surface area (Å²) >= 11 is 0. The smallest absolute Gasteiger partial charge is 0.250 e. The highest BCUT2D eigenvalue weighted by Gasteiger charge is 2.11. The van der Waals surface area contributed by atoms with E-state index in [1.165, 1.54) is 52.1 Å². The van der Waals surface area contributed by atoms with Gasteiger partial charge in [0.05, 0.1) is 0 Å². The summed E-state index contributed by atoms with van der Waals surface area (Å²) in [5.74, 6) is -0.127. The number of hydrogen-bond acceptors (Lipinski definition) is 3. The number of nitrogens with one attached hydrogen (secondary N) is 2. The zero-order chi connectivity index (χ0) is 14.9. The number of benzene rings is 1. The van der Waals surface area contributed by atoms with Crippen molar-refractivity contribution in [2.45, 2.75) is 51.0 Å². The summed E-state index contributed by atoms with van der Waals surface area (Å²) in [6, 6.07) is 8.50. The van der Waals surface area contributed by atoms with Crippen molar-refractivity contribution in [2.24, 2.45) is 0 Å². The van der Waals surface area contributed by atoms with Crippen molar-refractivity contribution in [3.63, 3.8) is 0 Å². The van der Waals surface area contributed by atoms with Gasteiger partial charge in [-0.3, -0.25) is 4.79 Å². The number of rotatable bonds is 5. The Hall–Kier alpha value is -1.55. The molecule has 1 fully saturated rings. The minimum absolute atomic E-state index is 0.0854. The molecule has 4 heteroatoms. The lowest BCUT2D eigenvalue weighted by Gasteiger charge is -2.22. The van der Waals surface area contributed by atoms with Crippen LogP contribution < -0.4 is 10.6 Å². The highest BCUT2D eigenvalue weighted by Crippen LogP contribution is 2.21. The average molecular weight is 290 g/mol. The van der Waals surface area contributed by atoms with Crippen LogP contribution in [0.4, 0.5) is 11.4 Å². The molecule has 0 saturated heterocycles. The van der Waals surface area contributed by atoms with E-state index in [9.17, 15) is 4.79 Å². The summed E-state index contributed by atoms with van der Waals surface area (Å²) in [6.45, 7) is 0.0854. The van der Waals surface area contributed by atoms with E-state index in [0.29, 0.717) is 6.04 Å². The van der Waals surface area contributed by atoms with Gasteiger partial charge in [-0.05, 0) is 37.1 Å². The first-order valence-corrected chi connectivity index (χ1v) is 7.93. The molecule has 4 nitrogen and oxygen atoms in total. The van der Waals surface area contributed by atoms with E-state index >= 15 is 0 Å². The maximum Gasteiger partial charge on any atom is 0.250 e. The van der Waals surface area contributed by atoms with Crippen molar-refractivity contribution in [2.75, 3.05) is 24.4 Å². The SMILES string of the molecule is COCC(=O)Nc1ccc(NC2CCCCCCC2)cc1. The molecule has 0 aromatic heterocycles. The molecule has 0 radical (unpaired) electrons. The van der Waals surface area contributed by atoms with E-state index in [2.05, 4.69) is 10.6 Å². The fourth-order valence-electron chi connectivity index (χ4n) is 2.81. The first-order chi connectivity index (χ1) is 10.3. The van der Waals surface area contributed by atoms with Gasteiger partial charge in [-0.2, -0.15) is 0 Å². The molecule has 1 aromatic carbocycles. The van der Waals surface area contributed by atoms with Crippen LogP contribution in [0, 0.1) is 0 Å². The quantitative estimate of drug-likeness (QED) is 0.867. The number of carbonyl (C=O) groups is 1. The second-order valence-corrected chi connectivity index (χ2v) is 5.74. The lowest BCUT2D eigenvalue weighted by Crippen LogP contribution is -2.20. The van der Waals surface area contributed by atoms with Crippen LogP contribution in [0.1, 0.15) is 44.9 Å². The molecule has 2 rings (SSSR count). The lowest BCUT2D eigenvalue weighted by molar-refractivity contribution is -0.119. The Bertz CT molecular complexity index is 423. The molecule has 0 aliphatic heterocycles. The van der Waals surface area contributed by atoms with Gasteiger partial charge in [0, 0.05) is 24.5 Å². The number of amides is 1. The molecule has 0 unspecified atom stereocenters. The minimum atomic E-state index is -0.127. The van der Waals surface area contributed by atoms with Crippen LogP contribution in [0.25, 0.3) is 0 Å². The van der Waals surface area contributed by atoms with Gasteiger partial charge in [0.2, 0.25) is 5.91 Å². The highest BCUT2D eigenvalue weighted by atomic mass is 16.5. The van der Waals surface area contributed by atoms with E-state index in [0.717, 1.165) is 11.4 Å². The first-order valence-electron chi connectivity index (χ1n) is 7.93. The molecule has 1 aliphatic carbocycles. The van der Waals surface area contributed by atoms with Gasteiger partial charge in [-0.15, -0.1) is 0 Å². The maximum absolute atomic E-state index is 11.4. The monoisotopic (exact) mass is 290 g/mol. The van der Waals surface area contributed by atoms with Crippen molar-refractivity contribution in [1.29, 1.82) is 0 Å². The third-order valence-electron chi connectivity index (χ3n) is 3.92. The first kappa shape index (κ1) is 15.8. The second-order valence-electron chi connectivity index (χ2n) is 5.74. The maximum atomic E-state index is 11.4. The molecular weight excluding hydrogens is 264 g/mol. The number of methoxy groups -OCH3 is 1. The van der Waals surface area contributed by atoms with E-state index < -0.39 is 0 Å². The van der Waals surface area contributed by atoms with Crippen LogP contribution in [0.3, 0.4) is 0 Å². The molecule has 1 aromatic rings. The Balaban J connectivity index is 1.84. The third-order valence-corrected chi connectivity index (χ3v) is 3.92. The molecule has 1 amide bonds. The van der Waals surface area contributed by atoms with Gasteiger partial charge in [0.1, 0.15) is 6.61 Å². The Morgan fingerprint density at radius 2 is 1.62 bits per heavy atom. The van der Waals surface area contributed by atoms with Crippen molar-refractivity contribution >= 4 is 17.3 Å². The van der Waals surface area contributed by atoms with Gasteiger partial charge < -0.3 is 15.4 Å². The van der Waals surface area contributed by atoms with Gasteiger partial charge in [-0.1, -0.05) is 32.1 Å². The molecule has 0 spiro atoms. The topological polar surface area (TPSA) is 50.4 Å². The van der Waals surface area contributed by atoms with Crippen molar-refractivity contribution in [3.8, 4) is 0 Å². The summed E-state index contributed by atoms with van der Waals surface area (Å²) < 4.78 is 4.80. The zero-order valence-electron chi connectivity index (χ0n) is 12.9. The Kier molecular flexibility index (Phi) is 6.54. The predicted molar refractivity (Wildman–Crippen MR) is 86.7 cm³/mol. The largest absolute Gasteiger partial charge is 0.382 e. The van der Waals surface area contributed by atoms with Crippen LogP contribution >= 0.6 is 0 Å². The number of hydrogen-bond donors (Lipinski definition) is 2. The van der Waals surface area contributed by atoms with Gasteiger partial charge >= 0.3 is 0 Å². The molecule has 116 valence electrons. The standard InChI is InChI=1S/C17H26N2O2/c1-21-13-17(20)19-16-11-9-15(10-12-16)18-14-7-5-3-2-4-6-8-14/h9-12,14,18H,2-8,13H2,1H3,(H,19,20). The molecule has 1 aliphatic rings. The van der Waals surface area contributed by atoms with Crippen LogP contribution in [0.2, 0.25) is 0 Å². The Morgan fingerprint density at radius 1 is 1.05 bits per heavy atom. The van der Waals surface area contributed by atoms with E-state index in [1.807, 2.05) is 24.3 Å². The predicted octanol–water partition coefficient (Wildman–Crippen LogP) is 3.80. The van der Waals surface area contributed by atoms with Gasteiger partial charge in [0.25, 0.3) is 0 Å². The molecule has 0 bridgehead atoms. The third kappa shape index (κ3) is 5.76. The molecule has 0 heterocycles. The van der Waals surface area contributed by atoms with Gasteiger partial charge in [0.15, 0.2) is 0 Å². The highest BCUT2D eigenvalue weighted by molar-refractivity contribution is 5.91. The average Bonchev–Trinajstić information content (AvgIpc) is 2.44. The summed E-state index contributed by atoms with van der Waals surface area (Å²) in [7, 11) is 1.52. The Morgan fingerprint density at radius 3 is 2.24 bits per heavy atom. The van der Waals surface area contributed by atoms with Crippen LogP contribution in [0.15, 0.2) is 24.3 Å². The van der Waals surface area contributed by atoms with E-state index in [1.54, 1.807) is 0 Å². The van der Waals surface area contributed by atoms with Crippen LogP contribution in [-0.4, -0.2) is 25.7 Å². The Labute approximate surface area is 127 Å². The molecule has 1 saturated carbocycles. The molecular formula is C17H26N2O2. The van der Waals surface area contributed by atoms with Crippen molar-refractivity contribution in [1.82, 2.24) is 0 Å². The van der Waals surface area contributed by atoms with Crippen LogP contribution in [-0.2, 0) is 9.53 Å². The number of carbonyl (C=O) groups excluding carboxylic acids is 1. The van der Waals surface area contributed by atoms with E-state index in [-0.39, 0.29) is 12.5 Å². The summed E-state index contributed by atoms with van der Waals surface area (Å²) in [4.78, 5) is 11.4. The normalized spacial score (nSPS) is 16.8. The summed E-state index contributed by atoms with van der Waals surface area (Å²) in [6.07, 6.45) is 9.28.